The van der Waals surface area contributed by atoms with Crippen molar-refractivity contribution in [2.45, 2.75) is 13.3 Å². The molecule has 3 rings (SSSR count). The molecule has 0 atom stereocenters. The summed E-state index contributed by atoms with van der Waals surface area (Å²) in [5.41, 5.74) is 3.23. The maximum atomic E-state index is 12.4. The third-order valence-electron chi connectivity index (χ3n) is 4.10. The van der Waals surface area contributed by atoms with Crippen molar-refractivity contribution in [2.75, 3.05) is 16.8 Å². The van der Waals surface area contributed by atoms with E-state index in [0.717, 1.165) is 18.7 Å². The van der Waals surface area contributed by atoms with Gasteiger partial charge in [-0.25, -0.2) is 0 Å². The van der Waals surface area contributed by atoms with E-state index in [9.17, 15) is 14.9 Å². The Morgan fingerprint density at radius 2 is 2.00 bits per heavy atom. The highest BCUT2D eigenvalue weighted by Gasteiger charge is 2.19. The molecule has 1 aliphatic heterocycles. The largest absolute Gasteiger partial charge is 0.346 e. The van der Waals surface area contributed by atoms with Crippen molar-refractivity contribution in [1.82, 2.24) is 0 Å². The van der Waals surface area contributed by atoms with Gasteiger partial charge in [-0.2, -0.15) is 5.26 Å². The average Bonchev–Trinajstić information content (AvgIpc) is 3.02. The van der Waals surface area contributed by atoms with Gasteiger partial charge >= 0.3 is 0 Å². The molecule has 0 aliphatic carbocycles. The first-order chi connectivity index (χ1) is 12.1. The number of nitrogens with one attached hydrogen (secondary N) is 1. The molecule has 0 fully saturated rings. The Morgan fingerprint density at radius 1 is 1.20 bits per heavy atom. The molecule has 0 spiro atoms. The van der Waals surface area contributed by atoms with E-state index in [-0.39, 0.29) is 11.4 Å². The number of nitriles is 1. The van der Waals surface area contributed by atoms with E-state index in [4.69, 9.17) is 0 Å². The number of anilines is 2. The molecule has 0 bridgehead atoms. The van der Waals surface area contributed by atoms with E-state index in [1.807, 2.05) is 35.2 Å². The van der Waals surface area contributed by atoms with Crippen molar-refractivity contribution >= 4 is 23.1 Å². The topological polar surface area (TPSA) is 73.2 Å². The second-order valence-electron chi connectivity index (χ2n) is 5.82. The number of carbonyl (C=O) groups excluding carboxylic acids is 2. The van der Waals surface area contributed by atoms with Crippen LogP contribution in [0.25, 0.3) is 0 Å². The summed E-state index contributed by atoms with van der Waals surface area (Å²) in [4.78, 5) is 25.8. The van der Waals surface area contributed by atoms with E-state index in [2.05, 4.69) is 5.32 Å². The number of hydrogen-bond donors (Lipinski definition) is 1. The van der Waals surface area contributed by atoms with Crippen LogP contribution in [0.1, 0.15) is 22.8 Å². The second kappa shape index (κ2) is 7.02. The van der Waals surface area contributed by atoms with Crippen LogP contribution in [0.4, 0.5) is 11.4 Å². The fourth-order valence-electron chi connectivity index (χ4n) is 2.81. The summed E-state index contributed by atoms with van der Waals surface area (Å²) in [5, 5.41) is 12.0. The number of benzene rings is 2. The van der Waals surface area contributed by atoms with E-state index >= 15 is 0 Å². The molecule has 0 saturated heterocycles. The minimum atomic E-state index is -0.493. The van der Waals surface area contributed by atoms with Gasteiger partial charge in [0.05, 0.1) is 0 Å². The third kappa shape index (κ3) is 3.59. The lowest BCUT2D eigenvalue weighted by Crippen LogP contribution is -2.19. The molecule has 1 aliphatic rings. The number of Topliss-reactive ketones (excluding diaryl/α,β-unsaturated/α-hetero) is 1. The maximum Gasteiger partial charge on any atom is 0.267 e. The van der Waals surface area contributed by atoms with Crippen LogP contribution in [0.2, 0.25) is 0 Å². The van der Waals surface area contributed by atoms with Crippen molar-refractivity contribution in [3.8, 4) is 6.07 Å². The molecule has 1 amide bonds. The summed E-state index contributed by atoms with van der Waals surface area (Å²) in [6, 6.07) is 16.5. The molecule has 124 valence electrons. The molecular weight excluding hydrogens is 314 g/mol. The molecule has 0 saturated carbocycles. The number of rotatable bonds is 4. The highest BCUT2D eigenvalue weighted by atomic mass is 16.1. The summed E-state index contributed by atoms with van der Waals surface area (Å²) < 4.78 is 0. The van der Waals surface area contributed by atoms with Gasteiger partial charge in [0.15, 0.2) is 5.78 Å². The van der Waals surface area contributed by atoms with Crippen LogP contribution in [0.3, 0.4) is 0 Å². The van der Waals surface area contributed by atoms with Crippen LogP contribution in [0.5, 0.6) is 0 Å². The Bertz CT molecular complexity index is 909. The van der Waals surface area contributed by atoms with Gasteiger partial charge in [-0.05, 0) is 37.1 Å². The van der Waals surface area contributed by atoms with Crippen LogP contribution in [0, 0.1) is 11.3 Å². The molecule has 2 aromatic rings. The van der Waals surface area contributed by atoms with E-state index in [1.54, 1.807) is 30.5 Å². The van der Waals surface area contributed by atoms with Gasteiger partial charge in [0, 0.05) is 29.7 Å². The molecular formula is C20H17N3O2. The number of fused-ring (bicyclic) bond motifs is 1. The number of para-hydroxylation sites is 1. The zero-order valence-electron chi connectivity index (χ0n) is 13.8. The third-order valence-corrected chi connectivity index (χ3v) is 4.10. The fraction of sp³-hybridized carbons (Fsp3) is 0.150. The van der Waals surface area contributed by atoms with Gasteiger partial charge < -0.3 is 10.2 Å². The first kappa shape index (κ1) is 16.5. The number of carbonyl (C=O) groups is 2. The minimum Gasteiger partial charge on any atom is -0.346 e. The Morgan fingerprint density at radius 3 is 2.76 bits per heavy atom. The zero-order valence-corrected chi connectivity index (χ0v) is 13.8. The van der Waals surface area contributed by atoms with Gasteiger partial charge in [0.2, 0.25) is 0 Å². The summed E-state index contributed by atoms with van der Waals surface area (Å²) in [6.07, 6.45) is 2.46. The number of amides is 1. The molecule has 25 heavy (non-hydrogen) atoms. The van der Waals surface area contributed by atoms with Crippen LogP contribution >= 0.6 is 0 Å². The number of ketones is 1. The number of hydrogen-bond acceptors (Lipinski definition) is 4. The van der Waals surface area contributed by atoms with Crippen molar-refractivity contribution in [3.63, 3.8) is 0 Å². The molecule has 0 radical (unpaired) electrons. The fourth-order valence-corrected chi connectivity index (χ4v) is 2.81. The normalized spacial score (nSPS) is 13.1. The lowest BCUT2D eigenvalue weighted by atomic mass is 10.1. The van der Waals surface area contributed by atoms with E-state index < -0.39 is 5.91 Å². The lowest BCUT2D eigenvalue weighted by Gasteiger charge is -2.14. The Balaban J connectivity index is 1.80. The standard InChI is InChI=1S/C20H17N3O2/c1-14(24)16-6-4-7-18(11-16)22-20(25)17(12-21)13-23-10-9-15-5-2-3-8-19(15)23/h2-8,11,13H,9-10H2,1H3,(H,22,25)/b17-13-. The SMILES string of the molecule is CC(=O)c1cccc(NC(=O)/C(C#N)=C\N2CCc3ccccc32)c1. The van der Waals surface area contributed by atoms with Crippen molar-refractivity contribution in [2.24, 2.45) is 0 Å². The molecule has 1 heterocycles. The van der Waals surface area contributed by atoms with E-state index in [0.29, 0.717) is 11.3 Å². The molecule has 2 aromatic carbocycles. The predicted octanol–water partition coefficient (Wildman–Crippen LogP) is 3.30. The zero-order chi connectivity index (χ0) is 17.8. The summed E-state index contributed by atoms with van der Waals surface area (Å²) >= 11 is 0. The van der Waals surface area contributed by atoms with Gasteiger partial charge in [-0.1, -0.05) is 30.3 Å². The second-order valence-corrected chi connectivity index (χ2v) is 5.82. The Hall–Kier alpha value is -3.39. The first-order valence-corrected chi connectivity index (χ1v) is 7.97. The molecule has 1 N–H and O–H groups in total. The minimum absolute atomic E-state index is 0.0185. The Labute approximate surface area is 146 Å². The summed E-state index contributed by atoms with van der Waals surface area (Å²) in [7, 11) is 0. The van der Waals surface area contributed by atoms with Crippen LogP contribution in [-0.2, 0) is 11.2 Å². The maximum absolute atomic E-state index is 12.4. The Kier molecular flexibility index (Phi) is 4.62. The van der Waals surface area contributed by atoms with Crippen LogP contribution in [-0.4, -0.2) is 18.2 Å². The quantitative estimate of drug-likeness (QED) is 0.530. The van der Waals surface area contributed by atoms with E-state index in [1.165, 1.54) is 12.5 Å². The van der Waals surface area contributed by atoms with Crippen molar-refractivity contribution in [3.05, 3.63) is 71.4 Å². The van der Waals surface area contributed by atoms with Crippen LogP contribution < -0.4 is 10.2 Å². The molecule has 5 heteroatoms. The average molecular weight is 331 g/mol. The monoisotopic (exact) mass is 331 g/mol. The summed E-state index contributed by atoms with van der Waals surface area (Å²) in [6.45, 7) is 2.20. The lowest BCUT2D eigenvalue weighted by molar-refractivity contribution is -0.112. The number of nitrogens with zero attached hydrogens (tertiary/aromatic N) is 2. The predicted molar refractivity (Wildman–Crippen MR) is 96.3 cm³/mol. The molecule has 0 aromatic heterocycles. The first-order valence-electron chi connectivity index (χ1n) is 7.97. The molecule has 5 nitrogen and oxygen atoms in total. The van der Waals surface area contributed by atoms with Gasteiger partial charge in [0.25, 0.3) is 5.91 Å². The highest BCUT2D eigenvalue weighted by Crippen LogP contribution is 2.28. The van der Waals surface area contributed by atoms with Crippen molar-refractivity contribution < 1.29 is 9.59 Å². The van der Waals surface area contributed by atoms with Gasteiger partial charge in [-0.15, -0.1) is 0 Å². The smallest absolute Gasteiger partial charge is 0.267 e. The van der Waals surface area contributed by atoms with Gasteiger partial charge in [0.1, 0.15) is 11.6 Å². The van der Waals surface area contributed by atoms with Crippen LogP contribution in [0.15, 0.2) is 60.3 Å². The highest BCUT2D eigenvalue weighted by molar-refractivity contribution is 6.07. The van der Waals surface area contributed by atoms with Crippen molar-refractivity contribution in [1.29, 1.82) is 5.26 Å². The summed E-state index contributed by atoms with van der Waals surface area (Å²) in [5.74, 6) is -0.576. The van der Waals surface area contributed by atoms with Gasteiger partial charge in [-0.3, -0.25) is 9.59 Å². The molecule has 0 unspecified atom stereocenters.